The summed E-state index contributed by atoms with van der Waals surface area (Å²) < 4.78 is 0. The van der Waals surface area contributed by atoms with Crippen LogP contribution in [0.5, 0.6) is 0 Å². The van der Waals surface area contributed by atoms with Gasteiger partial charge in [0.15, 0.2) is 0 Å². The highest BCUT2D eigenvalue weighted by molar-refractivity contribution is 7.99. The van der Waals surface area contributed by atoms with Crippen LogP contribution >= 0.6 is 35.0 Å². The van der Waals surface area contributed by atoms with E-state index in [1.54, 1.807) is 30.3 Å². The second-order valence-electron chi connectivity index (χ2n) is 8.20. The fourth-order valence-corrected chi connectivity index (χ4v) is 4.64. The quantitative estimate of drug-likeness (QED) is 0.282. The standard InChI is InChI=1S/C24H29Cl2N3O4S/c1-4-22(24(31)27-12-16(2)3)28(13-19-20(25)6-5-7-21(19)26)23(30)15-34-14-17-8-10-18(11-9-17)29(32)33/h5-11,16,22H,4,12-15H2,1-3H3,(H,27,31)/t22-/m1/s1. The van der Waals surface area contributed by atoms with E-state index in [0.717, 1.165) is 5.56 Å². The zero-order valence-electron chi connectivity index (χ0n) is 19.4. The predicted octanol–water partition coefficient (Wildman–Crippen LogP) is 5.71. The van der Waals surface area contributed by atoms with Gasteiger partial charge in [0.25, 0.3) is 5.69 Å². The van der Waals surface area contributed by atoms with E-state index in [1.807, 2.05) is 20.8 Å². The molecule has 0 saturated heterocycles. The van der Waals surface area contributed by atoms with Gasteiger partial charge >= 0.3 is 0 Å². The van der Waals surface area contributed by atoms with Gasteiger partial charge < -0.3 is 10.2 Å². The number of hydrogen-bond acceptors (Lipinski definition) is 5. The van der Waals surface area contributed by atoms with E-state index in [4.69, 9.17) is 23.2 Å². The van der Waals surface area contributed by atoms with Crippen LogP contribution in [0.2, 0.25) is 10.0 Å². The fourth-order valence-electron chi connectivity index (χ4n) is 3.25. The van der Waals surface area contributed by atoms with Crippen LogP contribution < -0.4 is 5.32 Å². The first-order valence-electron chi connectivity index (χ1n) is 10.9. The predicted molar refractivity (Wildman–Crippen MR) is 138 cm³/mol. The van der Waals surface area contributed by atoms with Crippen LogP contribution in [0.15, 0.2) is 42.5 Å². The molecule has 7 nitrogen and oxygen atoms in total. The number of carbonyl (C=O) groups excluding carboxylic acids is 2. The first kappa shape index (κ1) is 28.0. The first-order valence-corrected chi connectivity index (χ1v) is 12.9. The molecule has 2 aromatic rings. The van der Waals surface area contributed by atoms with Crippen molar-refractivity contribution in [1.29, 1.82) is 0 Å². The zero-order valence-corrected chi connectivity index (χ0v) is 21.8. The summed E-state index contributed by atoms with van der Waals surface area (Å²) >= 11 is 14.1. The Morgan fingerprint density at radius 1 is 1.12 bits per heavy atom. The highest BCUT2D eigenvalue weighted by Crippen LogP contribution is 2.27. The summed E-state index contributed by atoms with van der Waals surface area (Å²) in [7, 11) is 0. The van der Waals surface area contributed by atoms with E-state index in [1.165, 1.54) is 28.8 Å². The van der Waals surface area contributed by atoms with Gasteiger partial charge in [-0.15, -0.1) is 11.8 Å². The minimum atomic E-state index is -0.668. The van der Waals surface area contributed by atoms with E-state index in [2.05, 4.69) is 5.32 Å². The molecule has 34 heavy (non-hydrogen) atoms. The number of benzene rings is 2. The molecule has 0 aromatic heterocycles. The SMILES string of the molecule is CC[C@H](C(=O)NCC(C)C)N(Cc1c(Cl)cccc1Cl)C(=O)CSCc1ccc([N+](=O)[O-])cc1. The lowest BCUT2D eigenvalue weighted by molar-refractivity contribution is -0.384. The molecule has 2 amide bonds. The molecule has 1 N–H and O–H groups in total. The fraction of sp³-hybridized carbons (Fsp3) is 0.417. The summed E-state index contributed by atoms with van der Waals surface area (Å²) in [5.74, 6) is 0.483. The molecular formula is C24H29Cl2N3O4S. The topological polar surface area (TPSA) is 92.6 Å². The number of carbonyl (C=O) groups is 2. The van der Waals surface area contributed by atoms with Crippen molar-refractivity contribution in [2.24, 2.45) is 5.92 Å². The van der Waals surface area contributed by atoms with Crippen molar-refractivity contribution in [2.45, 2.75) is 45.5 Å². The van der Waals surface area contributed by atoms with Crippen molar-refractivity contribution in [3.8, 4) is 0 Å². The van der Waals surface area contributed by atoms with Crippen LogP contribution in [-0.4, -0.2) is 40.0 Å². The Kier molecular flexibility index (Phi) is 11.1. The van der Waals surface area contributed by atoms with Gasteiger partial charge in [0.05, 0.1) is 10.7 Å². The third kappa shape index (κ3) is 8.18. The average molecular weight is 526 g/mol. The lowest BCUT2D eigenvalue weighted by Crippen LogP contribution is -2.50. The van der Waals surface area contributed by atoms with Gasteiger partial charge in [-0.2, -0.15) is 0 Å². The number of nitrogens with zero attached hydrogens (tertiary/aromatic N) is 2. The summed E-state index contributed by atoms with van der Waals surface area (Å²) in [5, 5.41) is 14.6. The molecule has 0 saturated carbocycles. The molecule has 0 fully saturated rings. The zero-order chi connectivity index (χ0) is 25.3. The lowest BCUT2D eigenvalue weighted by atomic mass is 10.1. The molecule has 184 valence electrons. The average Bonchev–Trinajstić information content (AvgIpc) is 2.79. The smallest absolute Gasteiger partial charge is 0.269 e. The van der Waals surface area contributed by atoms with Gasteiger partial charge in [0.1, 0.15) is 6.04 Å². The van der Waals surface area contributed by atoms with Crippen molar-refractivity contribution in [2.75, 3.05) is 12.3 Å². The molecule has 0 radical (unpaired) electrons. The molecule has 0 unspecified atom stereocenters. The summed E-state index contributed by atoms with van der Waals surface area (Å²) in [5.41, 5.74) is 1.48. The number of thioether (sulfide) groups is 1. The van der Waals surface area contributed by atoms with Crippen molar-refractivity contribution in [3.05, 3.63) is 73.8 Å². The number of non-ortho nitro benzene ring substituents is 1. The minimum absolute atomic E-state index is 0.0193. The van der Waals surface area contributed by atoms with Crippen molar-refractivity contribution >= 4 is 52.5 Å². The van der Waals surface area contributed by atoms with E-state index < -0.39 is 11.0 Å². The van der Waals surface area contributed by atoms with Gasteiger partial charge in [-0.1, -0.05) is 62.2 Å². The molecule has 0 spiro atoms. The maximum atomic E-state index is 13.3. The monoisotopic (exact) mass is 525 g/mol. The Balaban J connectivity index is 2.16. The molecule has 10 heteroatoms. The third-order valence-electron chi connectivity index (χ3n) is 5.10. The van der Waals surface area contributed by atoms with Gasteiger partial charge in [-0.05, 0) is 30.0 Å². The van der Waals surface area contributed by atoms with Crippen LogP contribution in [-0.2, 0) is 21.9 Å². The summed E-state index contributed by atoms with van der Waals surface area (Å²) in [6, 6.07) is 10.7. The summed E-state index contributed by atoms with van der Waals surface area (Å²) in [6.07, 6.45) is 0.435. The van der Waals surface area contributed by atoms with Crippen molar-refractivity contribution < 1.29 is 14.5 Å². The molecule has 0 heterocycles. The normalized spacial score (nSPS) is 11.8. The number of nitro groups is 1. The Labute approximate surface area is 214 Å². The van der Waals surface area contributed by atoms with Crippen molar-refractivity contribution in [1.82, 2.24) is 10.2 Å². The minimum Gasteiger partial charge on any atom is -0.354 e. The lowest BCUT2D eigenvalue weighted by Gasteiger charge is -2.31. The molecule has 0 aliphatic rings. The second-order valence-corrected chi connectivity index (χ2v) is 10.0. The van der Waals surface area contributed by atoms with Crippen LogP contribution in [0.1, 0.15) is 38.3 Å². The number of nitrogens with one attached hydrogen (secondary N) is 1. The highest BCUT2D eigenvalue weighted by Gasteiger charge is 2.29. The van der Waals surface area contributed by atoms with Crippen LogP contribution in [0.25, 0.3) is 0 Å². The van der Waals surface area contributed by atoms with Crippen molar-refractivity contribution in [3.63, 3.8) is 0 Å². The Bertz CT molecular complexity index is 982. The first-order chi connectivity index (χ1) is 16.1. The van der Waals surface area contributed by atoms with Crippen LogP contribution in [0, 0.1) is 16.0 Å². The number of nitro benzene ring substituents is 1. The van der Waals surface area contributed by atoms with E-state index in [9.17, 15) is 19.7 Å². The molecular weight excluding hydrogens is 497 g/mol. The number of hydrogen-bond donors (Lipinski definition) is 1. The third-order valence-corrected chi connectivity index (χ3v) is 6.80. The van der Waals surface area contributed by atoms with Gasteiger partial charge in [0.2, 0.25) is 11.8 Å². The van der Waals surface area contributed by atoms with Gasteiger partial charge in [0, 0.05) is 46.6 Å². The summed E-state index contributed by atoms with van der Waals surface area (Å²) in [6.45, 7) is 6.49. The van der Waals surface area contributed by atoms with Gasteiger partial charge in [-0.25, -0.2) is 0 Å². The molecule has 0 aliphatic carbocycles. The molecule has 0 bridgehead atoms. The molecule has 2 rings (SSSR count). The van der Waals surface area contributed by atoms with Crippen LogP contribution in [0.4, 0.5) is 5.69 Å². The highest BCUT2D eigenvalue weighted by atomic mass is 35.5. The van der Waals surface area contributed by atoms with Crippen LogP contribution in [0.3, 0.4) is 0 Å². The van der Waals surface area contributed by atoms with E-state index in [0.29, 0.717) is 34.3 Å². The Morgan fingerprint density at radius 3 is 2.26 bits per heavy atom. The number of rotatable bonds is 12. The summed E-state index contributed by atoms with van der Waals surface area (Å²) in [4.78, 5) is 38.1. The largest absolute Gasteiger partial charge is 0.354 e. The van der Waals surface area contributed by atoms with Gasteiger partial charge in [-0.3, -0.25) is 19.7 Å². The second kappa shape index (κ2) is 13.6. The molecule has 1 atom stereocenters. The van der Waals surface area contributed by atoms with E-state index in [-0.39, 0.29) is 35.7 Å². The number of halogens is 2. The number of amides is 2. The molecule has 2 aromatic carbocycles. The Morgan fingerprint density at radius 2 is 1.74 bits per heavy atom. The maximum absolute atomic E-state index is 13.3. The van der Waals surface area contributed by atoms with E-state index >= 15 is 0 Å². The molecule has 0 aliphatic heterocycles. The Hall–Kier alpha value is -2.29. The maximum Gasteiger partial charge on any atom is 0.269 e.